The molecule has 8 nitrogen and oxygen atoms in total. The second kappa shape index (κ2) is 9.21. The third kappa shape index (κ3) is 5.53. The highest BCUT2D eigenvalue weighted by Crippen LogP contribution is 2.39. The number of nitrogens with two attached hydrogens (primary N) is 1. The van der Waals surface area contributed by atoms with Crippen LogP contribution in [-0.4, -0.2) is 32.9 Å². The molecule has 0 atom stereocenters. The van der Waals surface area contributed by atoms with E-state index in [9.17, 15) is 9.18 Å². The topological polar surface area (TPSA) is 119 Å². The Kier molecular flexibility index (Phi) is 6.02. The van der Waals surface area contributed by atoms with Gasteiger partial charge in [-0.25, -0.2) is 19.3 Å². The summed E-state index contributed by atoms with van der Waals surface area (Å²) in [7, 11) is 0. The van der Waals surface area contributed by atoms with Crippen LogP contribution in [-0.2, 0) is 0 Å². The van der Waals surface area contributed by atoms with Crippen molar-refractivity contribution >= 4 is 35.0 Å². The fourth-order valence-electron chi connectivity index (χ4n) is 2.86. The van der Waals surface area contributed by atoms with Crippen LogP contribution in [0.2, 0.25) is 0 Å². The Morgan fingerprint density at radius 2 is 1.90 bits per heavy atom. The number of amidine groups is 1. The van der Waals surface area contributed by atoms with Crippen molar-refractivity contribution in [2.24, 2.45) is 15.7 Å². The van der Waals surface area contributed by atoms with Crippen molar-refractivity contribution < 1.29 is 9.18 Å². The van der Waals surface area contributed by atoms with E-state index in [0.717, 1.165) is 18.5 Å². The summed E-state index contributed by atoms with van der Waals surface area (Å²) in [6.45, 7) is 0. The molecule has 2 aromatic heterocycles. The van der Waals surface area contributed by atoms with Crippen molar-refractivity contribution in [2.75, 3.05) is 5.32 Å². The van der Waals surface area contributed by atoms with Crippen LogP contribution in [0.1, 0.15) is 41.4 Å². The van der Waals surface area contributed by atoms with Crippen molar-refractivity contribution in [1.29, 1.82) is 0 Å². The van der Waals surface area contributed by atoms with Gasteiger partial charge in [-0.1, -0.05) is 0 Å². The lowest BCUT2D eigenvalue weighted by molar-refractivity contribution is 0.0998. The van der Waals surface area contributed by atoms with E-state index in [1.165, 1.54) is 24.7 Å². The number of hydrogen-bond donors (Lipinski definition) is 2. The number of hydrogen-bond acceptors (Lipinski definition) is 6. The Labute approximate surface area is 178 Å². The largest absolute Gasteiger partial charge is 0.387 e. The number of aromatic nitrogens is 3. The lowest BCUT2D eigenvalue weighted by Gasteiger charge is -2.10. The molecule has 9 heteroatoms. The maximum atomic E-state index is 12.9. The van der Waals surface area contributed by atoms with Crippen LogP contribution in [0, 0.1) is 5.82 Å². The van der Waals surface area contributed by atoms with Crippen LogP contribution in [0.4, 0.5) is 21.5 Å². The molecule has 156 valence electrons. The van der Waals surface area contributed by atoms with Gasteiger partial charge < -0.3 is 11.1 Å². The number of rotatable bonds is 7. The van der Waals surface area contributed by atoms with E-state index in [1.54, 1.807) is 24.5 Å². The molecule has 2 heterocycles. The maximum Gasteiger partial charge on any atom is 0.299 e. The highest BCUT2D eigenvalue weighted by atomic mass is 19.1. The van der Waals surface area contributed by atoms with Gasteiger partial charge in [0.05, 0.1) is 29.5 Å². The van der Waals surface area contributed by atoms with E-state index in [1.807, 2.05) is 12.1 Å². The quantitative estimate of drug-likeness (QED) is 0.444. The van der Waals surface area contributed by atoms with Crippen LogP contribution in [0.3, 0.4) is 0 Å². The molecule has 0 radical (unpaired) electrons. The van der Waals surface area contributed by atoms with Gasteiger partial charge >= 0.3 is 0 Å². The van der Waals surface area contributed by atoms with Gasteiger partial charge in [-0.3, -0.25) is 9.79 Å². The Hall–Kier alpha value is -4.01. The SMILES string of the molecule is NC(CC=Nc1ccc(F)cc1)=NC(=O)c1nc(C2CC2)ccc1Nc1cncnc1. The van der Waals surface area contributed by atoms with E-state index in [-0.39, 0.29) is 23.8 Å². The lowest BCUT2D eigenvalue weighted by Crippen LogP contribution is -2.16. The number of halogens is 1. The Morgan fingerprint density at radius 1 is 1.16 bits per heavy atom. The van der Waals surface area contributed by atoms with E-state index in [4.69, 9.17) is 5.73 Å². The third-order valence-electron chi connectivity index (χ3n) is 4.57. The zero-order valence-electron chi connectivity index (χ0n) is 16.6. The van der Waals surface area contributed by atoms with Gasteiger partial charge in [-0.05, 0) is 49.2 Å². The summed E-state index contributed by atoms with van der Waals surface area (Å²) in [5.74, 6) is -0.402. The van der Waals surface area contributed by atoms with Gasteiger partial charge in [-0.15, -0.1) is 0 Å². The summed E-state index contributed by atoms with van der Waals surface area (Å²) in [6.07, 6.45) is 8.42. The molecule has 4 rings (SSSR count). The van der Waals surface area contributed by atoms with Crippen molar-refractivity contribution in [3.8, 4) is 0 Å². The van der Waals surface area contributed by atoms with E-state index in [2.05, 4.69) is 30.3 Å². The summed E-state index contributed by atoms with van der Waals surface area (Å²) in [5.41, 5.74) is 8.68. The number of aliphatic imine (C=N–C) groups is 2. The minimum Gasteiger partial charge on any atom is -0.387 e. The number of nitrogens with zero attached hydrogens (tertiary/aromatic N) is 5. The standard InChI is InChI=1S/C22H20FN7O/c23-15-3-5-16(6-4-15)27-10-9-20(24)30-22(31)21-19(28-17-11-25-13-26-12-17)8-7-18(29-21)14-1-2-14/h3-8,10-14,28H,1-2,9H2,(H2,24,30,31). The van der Waals surface area contributed by atoms with Gasteiger partial charge in [0, 0.05) is 24.2 Å². The molecule has 0 aliphatic heterocycles. The van der Waals surface area contributed by atoms with Crippen molar-refractivity contribution in [3.63, 3.8) is 0 Å². The molecule has 0 saturated heterocycles. The molecule has 0 spiro atoms. The normalized spacial score (nSPS) is 14.0. The van der Waals surface area contributed by atoms with Crippen LogP contribution < -0.4 is 11.1 Å². The summed E-state index contributed by atoms with van der Waals surface area (Å²) in [5, 5.41) is 3.11. The lowest BCUT2D eigenvalue weighted by atomic mass is 10.2. The smallest absolute Gasteiger partial charge is 0.299 e. The van der Waals surface area contributed by atoms with Crippen molar-refractivity contribution in [3.05, 3.63) is 72.3 Å². The second-order valence-corrected chi connectivity index (χ2v) is 7.06. The molecule has 1 aliphatic carbocycles. The molecule has 31 heavy (non-hydrogen) atoms. The number of anilines is 2. The van der Waals surface area contributed by atoms with Gasteiger partial charge in [-0.2, -0.15) is 4.99 Å². The van der Waals surface area contributed by atoms with Crippen LogP contribution >= 0.6 is 0 Å². The average Bonchev–Trinajstić information content (AvgIpc) is 3.61. The maximum absolute atomic E-state index is 12.9. The van der Waals surface area contributed by atoms with Crippen LogP contribution in [0.5, 0.6) is 0 Å². The molecule has 0 bridgehead atoms. The number of carbonyl (C=O) groups excluding carboxylic acids is 1. The Bertz CT molecular complexity index is 1130. The van der Waals surface area contributed by atoms with Crippen LogP contribution in [0.25, 0.3) is 0 Å². The third-order valence-corrected chi connectivity index (χ3v) is 4.57. The summed E-state index contributed by atoms with van der Waals surface area (Å²) in [6, 6.07) is 9.44. The fraction of sp³-hybridized carbons (Fsp3) is 0.182. The average molecular weight is 417 g/mol. The predicted octanol–water partition coefficient (Wildman–Crippen LogP) is 3.92. The highest BCUT2D eigenvalue weighted by Gasteiger charge is 2.27. The molecular weight excluding hydrogens is 397 g/mol. The minimum absolute atomic E-state index is 0.100. The van der Waals surface area contributed by atoms with Gasteiger partial charge in [0.25, 0.3) is 5.91 Å². The first-order valence-corrected chi connectivity index (χ1v) is 9.77. The van der Waals surface area contributed by atoms with Crippen molar-refractivity contribution in [1.82, 2.24) is 15.0 Å². The van der Waals surface area contributed by atoms with Gasteiger partial charge in [0.1, 0.15) is 18.0 Å². The number of amides is 1. The first kappa shape index (κ1) is 20.3. The van der Waals surface area contributed by atoms with E-state index < -0.39 is 5.91 Å². The van der Waals surface area contributed by atoms with Gasteiger partial charge in [0.15, 0.2) is 5.69 Å². The van der Waals surface area contributed by atoms with Crippen LogP contribution in [0.15, 0.2) is 65.1 Å². The highest BCUT2D eigenvalue weighted by molar-refractivity contribution is 6.07. The first-order valence-electron chi connectivity index (χ1n) is 9.77. The summed E-state index contributed by atoms with van der Waals surface area (Å²) >= 11 is 0. The molecule has 1 saturated carbocycles. The predicted molar refractivity (Wildman–Crippen MR) is 117 cm³/mol. The monoisotopic (exact) mass is 417 g/mol. The molecule has 0 unspecified atom stereocenters. The number of benzene rings is 1. The minimum atomic E-state index is -0.547. The molecular formula is C22H20FN7O. The number of pyridine rings is 1. The molecule has 1 fully saturated rings. The molecule has 1 aliphatic rings. The molecule has 1 amide bonds. The number of nitrogens with one attached hydrogen (secondary N) is 1. The fourth-order valence-corrected chi connectivity index (χ4v) is 2.86. The van der Waals surface area contributed by atoms with Gasteiger partial charge in [0.2, 0.25) is 0 Å². The molecule has 3 N–H and O–H groups in total. The first-order chi connectivity index (χ1) is 15.1. The Morgan fingerprint density at radius 3 is 2.61 bits per heavy atom. The second-order valence-electron chi connectivity index (χ2n) is 7.06. The number of carbonyl (C=O) groups is 1. The zero-order chi connectivity index (χ0) is 21.6. The Balaban J connectivity index is 1.51. The zero-order valence-corrected chi connectivity index (χ0v) is 16.6. The molecule has 1 aromatic carbocycles. The van der Waals surface area contributed by atoms with E-state index in [0.29, 0.717) is 23.0 Å². The van der Waals surface area contributed by atoms with Crippen molar-refractivity contribution in [2.45, 2.75) is 25.2 Å². The molecule has 3 aromatic rings. The van der Waals surface area contributed by atoms with E-state index >= 15 is 0 Å². The summed E-state index contributed by atoms with van der Waals surface area (Å²) in [4.78, 5) is 33.5. The summed E-state index contributed by atoms with van der Waals surface area (Å²) < 4.78 is 12.9.